The minimum Gasteiger partial charge on any atom is -0.387 e. The molecule has 19 heavy (non-hydrogen) atoms. The number of thiazole rings is 1. The van der Waals surface area contributed by atoms with Crippen LogP contribution in [0.1, 0.15) is 37.7 Å². The van der Waals surface area contributed by atoms with Crippen molar-refractivity contribution in [3.05, 3.63) is 16.6 Å². The molecule has 0 bridgehead atoms. The number of carbonyl (C=O) groups excluding carboxylic acids is 1. The van der Waals surface area contributed by atoms with E-state index in [4.69, 9.17) is 4.74 Å². The maximum atomic E-state index is 11.8. The molecule has 1 saturated carbocycles. The number of amides is 1. The van der Waals surface area contributed by atoms with Gasteiger partial charge < -0.3 is 15.2 Å². The topological polar surface area (TPSA) is 71.5 Å². The van der Waals surface area contributed by atoms with Gasteiger partial charge in [-0.2, -0.15) is 0 Å². The van der Waals surface area contributed by atoms with Crippen molar-refractivity contribution in [2.45, 2.75) is 38.9 Å². The second-order valence-electron chi connectivity index (χ2n) is 5.46. The smallest absolute Gasteiger partial charge is 0.270 e. The van der Waals surface area contributed by atoms with Gasteiger partial charge in [-0.05, 0) is 6.92 Å². The SMILES string of the molecule is CCO[C@@H]1C[C@@](O)(CNC(=O)c2cscn2)C1(C)C. The summed E-state index contributed by atoms with van der Waals surface area (Å²) in [5.41, 5.74) is 0.728. The molecule has 1 aliphatic rings. The van der Waals surface area contributed by atoms with E-state index < -0.39 is 5.60 Å². The summed E-state index contributed by atoms with van der Waals surface area (Å²) in [6, 6.07) is 0. The van der Waals surface area contributed by atoms with E-state index in [1.54, 1.807) is 10.9 Å². The Kier molecular flexibility index (Phi) is 3.94. The van der Waals surface area contributed by atoms with Crippen molar-refractivity contribution < 1.29 is 14.6 Å². The number of ether oxygens (including phenoxy) is 1. The van der Waals surface area contributed by atoms with Gasteiger partial charge in [0, 0.05) is 30.4 Å². The molecule has 1 aromatic heterocycles. The third-order valence-corrected chi connectivity index (χ3v) is 4.69. The molecule has 6 heteroatoms. The molecule has 106 valence electrons. The van der Waals surface area contributed by atoms with Crippen LogP contribution in [0.25, 0.3) is 0 Å². The van der Waals surface area contributed by atoms with Crippen LogP contribution in [0.3, 0.4) is 0 Å². The zero-order valence-electron chi connectivity index (χ0n) is 11.5. The van der Waals surface area contributed by atoms with Crippen LogP contribution in [0, 0.1) is 5.41 Å². The molecule has 1 aromatic rings. The highest BCUT2D eigenvalue weighted by Gasteiger charge is 2.59. The highest BCUT2D eigenvalue weighted by atomic mass is 32.1. The summed E-state index contributed by atoms with van der Waals surface area (Å²) < 4.78 is 5.58. The maximum absolute atomic E-state index is 11.8. The second kappa shape index (κ2) is 5.19. The summed E-state index contributed by atoms with van der Waals surface area (Å²) in [6.45, 7) is 6.73. The number of rotatable bonds is 5. The van der Waals surface area contributed by atoms with E-state index in [-0.39, 0.29) is 24.0 Å². The van der Waals surface area contributed by atoms with Crippen LogP contribution in [-0.2, 0) is 4.74 Å². The molecule has 2 atom stereocenters. The summed E-state index contributed by atoms with van der Waals surface area (Å²) in [4.78, 5) is 15.7. The van der Waals surface area contributed by atoms with Crippen LogP contribution >= 0.6 is 11.3 Å². The number of nitrogens with one attached hydrogen (secondary N) is 1. The number of aromatic nitrogens is 1. The molecule has 0 saturated heterocycles. The monoisotopic (exact) mass is 284 g/mol. The van der Waals surface area contributed by atoms with Crippen molar-refractivity contribution in [3.8, 4) is 0 Å². The molecule has 1 fully saturated rings. The van der Waals surface area contributed by atoms with Gasteiger partial charge in [0.25, 0.3) is 5.91 Å². The molecule has 1 amide bonds. The standard InChI is InChI=1S/C13H20N2O3S/c1-4-18-10-5-13(17,12(10,2)3)7-14-11(16)9-6-19-8-15-9/h6,8,10,17H,4-5,7H2,1-3H3,(H,14,16)/t10-,13-/m1/s1. The summed E-state index contributed by atoms with van der Waals surface area (Å²) in [6.07, 6.45) is 0.587. The molecule has 0 radical (unpaired) electrons. The molecule has 0 aromatic carbocycles. The van der Waals surface area contributed by atoms with Crippen LogP contribution < -0.4 is 5.32 Å². The van der Waals surface area contributed by atoms with Crippen LogP contribution in [-0.4, -0.2) is 40.9 Å². The van der Waals surface area contributed by atoms with Gasteiger partial charge in [0.1, 0.15) is 5.69 Å². The zero-order chi connectivity index (χ0) is 14.1. The first kappa shape index (κ1) is 14.4. The second-order valence-corrected chi connectivity index (χ2v) is 6.18. The Hall–Kier alpha value is -0.980. The van der Waals surface area contributed by atoms with Gasteiger partial charge >= 0.3 is 0 Å². The van der Waals surface area contributed by atoms with Crippen molar-refractivity contribution in [2.24, 2.45) is 5.41 Å². The lowest BCUT2D eigenvalue weighted by atomic mass is 9.56. The molecule has 1 aliphatic carbocycles. The van der Waals surface area contributed by atoms with E-state index in [0.29, 0.717) is 18.7 Å². The maximum Gasteiger partial charge on any atom is 0.270 e. The van der Waals surface area contributed by atoms with Crippen molar-refractivity contribution in [1.29, 1.82) is 0 Å². The third kappa shape index (κ3) is 2.52. The Bertz CT molecular complexity index is 447. The zero-order valence-corrected chi connectivity index (χ0v) is 12.3. The number of hydrogen-bond donors (Lipinski definition) is 2. The van der Waals surface area contributed by atoms with Crippen LogP contribution in [0.4, 0.5) is 0 Å². The van der Waals surface area contributed by atoms with Crippen molar-refractivity contribution in [2.75, 3.05) is 13.2 Å². The normalized spacial score (nSPS) is 28.7. The fourth-order valence-corrected chi connectivity index (χ4v) is 2.94. The lowest BCUT2D eigenvalue weighted by Crippen LogP contribution is -2.68. The first-order valence-electron chi connectivity index (χ1n) is 6.41. The van der Waals surface area contributed by atoms with Gasteiger partial charge in [0.15, 0.2) is 0 Å². The predicted octanol–water partition coefficient (Wildman–Crippen LogP) is 1.44. The summed E-state index contributed by atoms with van der Waals surface area (Å²) in [7, 11) is 0. The van der Waals surface area contributed by atoms with E-state index in [9.17, 15) is 9.90 Å². The number of carbonyl (C=O) groups is 1. The Morgan fingerprint density at radius 3 is 2.95 bits per heavy atom. The highest BCUT2D eigenvalue weighted by molar-refractivity contribution is 7.07. The minimum absolute atomic E-state index is 0.0404. The van der Waals surface area contributed by atoms with Crippen molar-refractivity contribution in [3.63, 3.8) is 0 Å². The van der Waals surface area contributed by atoms with Crippen molar-refractivity contribution >= 4 is 17.2 Å². The quantitative estimate of drug-likeness (QED) is 0.858. The largest absolute Gasteiger partial charge is 0.387 e. The fraction of sp³-hybridized carbons (Fsp3) is 0.692. The molecular formula is C13H20N2O3S. The molecular weight excluding hydrogens is 264 g/mol. The van der Waals surface area contributed by atoms with Gasteiger partial charge in [-0.15, -0.1) is 11.3 Å². The average Bonchev–Trinajstić information content (AvgIpc) is 2.89. The lowest BCUT2D eigenvalue weighted by molar-refractivity contribution is -0.237. The summed E-state index contributed by atoms with van der Waals surface area (Å²) >= 11 is 1.37. The molecule has 2 rings (SSSR count). The Balaban J connectivity index is 1.91. The minimum atomic E-state index is -0.918. The molecule has 0 aliphatic heterocycles. The molecule has 1 heterocycles. The van der Waals surface area contributed by atoms with Crippen LogP contribution in [0.2, 0.25) is 0 Å². The van der Waals surface area contributed by atoms with E-state index >= 15 is 0 Å². The predicted molar refractivity (Wildman–Crippen MR) is 73.2 cm³/mol. The number of nitrogens with zero attached hydrogens (tertiary/aromatic N) is 1. The molecule has 5 nitrogen and oxygen atoms in total. The third-order valence-electron chi connectivity index (χ3n) is 4.10. The van der Waals surface area contributed by atoms with E-state index in [1.807, 2.05) is 20.8 Å². The number of hydrogen-bond acceptors (Lipinski definition) is 5. The first-order valence-corrected chi connectivity index (χ1v) is 7.35. The Labute approximate surface area is 117 Å². The van der Waals surface area contributed by atoms with Gasteiger partial charge in [0.05, 0.1) is 17.2 Å². The number of aliphatic hydroxyl groups is 1. The lowest BCUT2D eigenvalue weighted by Gasteiger charge is -2.57. The molecule has 0 unspecified atom stereocenters. The van der Waals surface area contributed by atoms with Crippen LogP contribution in [0.5, 0.6) is 0 Å². The summed E-state index contributed by atoms with van der Waals surface area (Å²) in [5, 5.41) is 15.0. The van der Waals surface area contributed by atoms with Gasteiger partial charge in [-0.1, -0.05) is 13.8 Å². The van der Waals surface area contributed by atoms with Crippen LogP contribution in [0.15, 0.2) is 10.9 Å². The van der Waals surface area contributed by atoms with E-state index in [0.717, 1.165) is 0 Å². The fourth-order valence-electron chi connectivity index (χ4n) is 2.40. The average molecular weight is 284 g/mol. The van der Waals surface area contributed by atoms with Crippen molar-refractivity contribution in [1.82, 2.24) is 10.3 Å². The van der Waals surface area contributed by atoms with Gasteiger partial charge in [0.2, 0.25) is 0 Å². The first-order chi connectivity index (χ1) is 8.90. The molecule has 0 spiro atoms. The molecule has 2 N–H and O–H groups in total. The van der Waals surface area contributed by atoms with E-state index in [2.05, 4.69) is 10.3 Å². The summed E-state index contributed by atoms with van der Waals surface area (Å²) in [5.74, 6) is -0.245. The van der Waals surface area contributed by atoms with Gasteiger partial charge in [-0.25, -0.2) is 4.98 Å². The highest BCUT2D eigenvalue weighted by Crippen LogP contribution is 2.50. The Morgan fingerprint density at radius 1 is 1.68 bits per heavy atom. The van der Waals surface area contributed by atoms with Gasteiger partial charge in [-0.3, -0.25) is 4.79 Å². The Morgan fingerprint density at radius 2 is 2.42 bits per heavy atom. The van der Waals surface area contributed by atoms with E-state index in [1.165, 1.54) is 11.3 Å².